The highest BCUT2D eigenvalue weighted by Gasteiger charge is 2.09. The van der Waals surface area contributed by atoms with Crippen molar-refractivity contribution in [1.29, 1.82) is 0 Å². The van der Waals surface area contributed by atoms with Crippen LogP contribution in [0, 0.1) is 13.8 Å². The highest BCUT2D eigenvalue weighted by Crippen LogP contribution is 2.19. The van der Waals surface area contributed by atoms with Gasteiger partial charge in [-0.25, -0.2) is 4.98 Å². The van der Waals surface area contributed by atoms with Gasteiger partial charge in [0, 0.05) is 0 Å². The quantitative estimate of drug-likeness (QED) is 0.656. The van der Waals surface area contributed by atoms with Crippen molar-refractivity contribution in [3.05, 3.63) is 59.9 Å². The Morgan fingerprint density at radius 3 is 2.70 bits per heavy atom. The minimum Gasteiger partial charge on any atom is -0.493 e. The van der Waals surface area contributed by atoms with Crippen LogP contribution < -0.4 is 15.6 Å². The zero-order chi connectivity index (χ0) is 19.2. The Bertz CT molecular complexity index is 965. The lowest BCUT2D eigenvalue weighted by Crippen LogP contribution is -2.43. The topological polar surface area (TPSA) is 85.3 Å². The van der Waals surface area contributed by atoms with Crippen molar-refractivity contribution < 1.29 is 14.3 Å². The molecule has 2 N–H and O–H groups in total. The number of hydrogen-bond donors (Lipinski definition) is 2. The number of benzene rings is 2. The van der Waals surface area contributed by atoms with E-state index in [0.29, 0.717) is 0 Å². The molecule has 0 spiro atoms. The third kappa shape index (κ3) is 4.84. The first-order valence-electron chi connectivity index (χ1n) is 8.70. The van der Waals surface area contributed by atoms with Crippen LogP contribution in [0.25, 0.3) is 11.0 Å². The number of carbonyl (C=O) groups excluding carboxylic acids is 2. The number of imidazole rings is 1. The number of aromatic nitrogens is 2. The van der Waals surface area contributed by atoms with Gasteiger partial charge in [0.1, 0.15) is 12.3 Å². The summed E-state index contributed by atoms with van der Waals surface area (Å²) in [6.45, 7) is 4.24. The zero-order valence-corrected chi connectivity index (χ0v) is 15.4. The summed E-state index contributed by atoms with van der Waals surface area (Å²) in [4.78, 5) is 28.1. The molecule has 0 fully saturated rings. The number of fused-ring (bicyclic) bond motifs is 1. The summed E-state index contributed by atoms with van der Waals surface area (Å²) in [5.41, 5.74) is 8.61. The molecule has 1 aromatic heterocycles. The van der Waals surface area contributed by atoms with E-state index >= 15 is 0 Å². The highest BCUT2D eigenvalue weighted by molar-refractivity contribution is 5.83. The molecule has 140 valence electrons. The van der Waals surface area contributed by atoms with E-state index in [-0.39, 0.29) is 31.4 Å². The summed E-state index contributed by atoms with van der Waals surface area (Å²) in [5.74, 6) is 0.116. The van der Waals surface area contributed by atoms with Crippen LogP contribution in [0.5, 0.6) is 5.75 Å². The molecule has 27 heavy (non-hydrogen) atoms. The smallest absolute Gasteiger partial charge is 0.258 e. The van der Waals surface area contributed by atoms with Gasteiger partial charge in [-0.15, -0.1) is 0 Å². The molecule has 2 amide bonds. The molecule has 0 saturated heterocycles. The van der Waals surface area contributed by atoms with Crippen molar-refractivity contribution in [2.45, 2.75) is 26.8 Å². The van der Waals surface area contributed by atoms with Gasteiger partial charge >= 0.3 is 0 Å². The van der Waals surface area contributed by atoms with Crippen molar-refractivity contribution in [3.8, 4) is 5.75 Å². The van der Waals surface area contributed by atoms with Crippen molar-refractivity contribution in [3.63, 3.8) is 0 Å². The average molecular weight is 366 g/mol. The van der Waals surface area contributed by atoms with Crippen LogP contribution in [0.4, 0.5) is 0 Å². The summed E-state index contributed by atoms with van der Waals surface area (Å²) in [5, 5.41) is 0. The number of carbonyl (C=O) groups is 2. The summed E-state index contributed by atoms with van der Waals surface area (Å²) < 4.78 is 7.37. The number of ether oxygens (including phenoxy) is 1. The molecule has 3 rings (SSSR count). The van der Waals surface area contributed by atoms with Crippen LogP contribution in [0.3, 0.4) is 0 Å². The van der Waals surface area contributed by atoms with Crippen molar-refractivity contribution in [2.75, 3.05) is 6.61 Å². The number of rotatable bonds is 6. The number of nitrogens with one attached hydrogen (secondary N) is 2. The molecule has 0 bridgehead atoms. The lowest BCUT2D eigenvalue weighted by molar-refractivity contribution is -0.129. The average Bonchev–Trinajstić information content (AvgIpc) is 3.06. The van der Waals surface area contributed by atoms with Gasteiger partial charge in [0.15, 0.2) is 0 Å². The van der Waals surface area contributed by atoms with E-state index in [4.69, 9.17) is 4.74 Å². The molecule has 3 aromatic rings. The highest BCUT2D eigenvalue weighted by atomic mass is 16.5. The first kappa shape index (κ1) is 18.4. The van der Waals surface area contributed by atoms with Gasteiger partial charge in [-0.05, 0) is 43.2 Å². The molecule has 0 aliphatic heterocycles. The number of para-hydroxylation sites is 2. The molecule has 0 aliphatic carbocycles. The van der Waals surface area contributed by atoms with Crippen molar-refractivity contribution in [2.24, 2.45) is 0 Å². The lowest BCUT2D eigenvalue weighted by Gasteiger charge is -2.11. The maximum atomic E-state index is 12.0. The van der Waals surface area contributed by atoms with Crippen LogP contribution in [0.2, 0.25) is 0 Å². The zero-order valence-electron chi connectivity index (χ0n) is 15.4. The van der Waals surface area contributed by atoms with Crippen LogP contribution in [0.15, 0.2) is 48.8 Å². The Labute approximate surface area is 157 Å². The van der Waals surface area contributed by atoms with E-state index in [1.807, 2.05) is 56.3 Å². The number of hydrogen-bond acceptors (Lipinski definition) is 4. The molecule has 0 saturated carbocycles. The third-order valence-corrected chi connectivity index (χ3v) is 4.11. The fourth-order valence-electron chi connectivity index (χ4n) is 2.65. The first-order valence-corrected chi connectivity index (χ1v) is 8.70. The molecule has 0 radical (unpaired) electrons. The maximum Gasteiger partial charge on any atom is 0.258 e. The molecule has 0 unspecified atom stereocenters. The maximum absolute atomic E-state index is 12.0. The van der Waals surface area contributed by atoms with Crippen LogP contribution >= 0.6 is 0 Å². The second-order valence-electron chi connectivity index (χ2n) is 6.32. The van der Waals surface area contributed by atoms with Gasteiger partial charge in [-0.2, -0.15) is 0 Å². The summed E-state index contributed by atoms with van der Waals surface area (Å²) in [6.07, 6.45) is 1.74. The van der Waals surface area contributed by atoms with Crippen molar-refractivity contribution >= 4 is 22.8 Å². The minimum atomic E-state index is -0.332. The first-order chi connectivity index (χ1) is 13.0. The number of hydrazine groups is 1. The molecule has 0 atom stereocenters. The van der Waals surface area contributed by atoms with Gasteiger partial charge in [0.2, 0.25) is 5.91 Å². The Morgan fingerprint density at radius 2 is 1.85 bits per heavy atom. The fourth-order valence-corrected chi connectivity index (χ4v) is 2.65. The monoisotopic (exact) mass is 366 g/mol. The number of amides is 2. The largest absolute Gasteiger partial charge is 0.493 e. The van der Waals surface area contributed by atoms with Gasteiger partial charge < -0.3 is 9.30 Å². The van der Waals surface area contributed by atoms with Gasteiger partial charge in [-0.3, -0.25) is 20.4 Å². The second-order valence-corrected chi connectivity index (χ2v) is 6.32. The Balaban J connectivity index is 1.42. The summed E-state index contributed by atoms with van der Waals surface area (Å²) in [6, 6.07) is 13.5. The van der Waals surface area contributed by atoms with E-state index in [1.54, 1.807) is 10.9 Å². The Hall–Kier alpha value is -3.35. The summed E-state index contributed by atoms with van der Waals surface area (Å²) in [7, 11) is 0. The molecule has 7 heteroatoms. The SMILES string of the molecule is Cc1ccc(C)c(OCCC(=O)NNC(=O)Cn2cnc3ccccc32)c1. The predicted octanol–water partition coefficient (Wildman–Crippen LogP) is 2.27. The van der Waals surface area contributed by atoms with E-state index in [1.165, 1.54) is 0 Å². The molecule has 1 heterocycles. The van der Waals surface area contributed by atoms with E-state index in [0.717, 1.165) is 27.9 Å². The van der Waals surface area contributed by atoms with Crippen LogP contribution in [0.1, 0.15) is 17.5 Å². The fraction of sp³-hybridized carbons (Fsp3) is 0.250. The Morgan fingerprint density at radius 1 is 1.07 bits per heavy atom. The lowest BCUT2D eigenvalue weighted by atomic mass is 10.1. The van der Waals surface area contributed by atoms with Gasteiger partial charge in [-0.1, -0.05) is 24.3 Å². The predicted molar refractivity (Wildman–Crippen MR) is 102 cm³/mol. The van der Waals surface area contributed by atoms with Crippen LogP contribution in [-0.2, 0) is 16.1 Å². The minimum absolute atomic E-state index is 0.0692. The van der Waals surface area contributed by atoms with E-state index in [2.05, 4.69) is 15.8 Å². The normalized spacial score (nSPS) is 10.6. The van der Waals surface area contributed by atoms with Crippen LogP contribution in [-0.4, -0.2) is 28.0 Å². The Kier molecular flexibility index (Phi) is 5.71. The molecular weight excluding hydrogens is 344 g/mol. The number of aryl methyl sites for hydroxylation is 2. The van der Waals surface area contributed by atoms with E-state index in [9.17, 15) is 9.59 Å². The second kappa shape index (κ2) is 8.35. The molecule has 7 nitrogen and oxygen atoms in total. The van der Waals surface area contributed by atoms with Crippen molar-refractivity contribution in [1.82, 2.24) is 20.4 Å². The standard InChI is InChI=1S/C20H22N4O3/c1-14-7-8-15(2)18(11-14)27-10-9-19(25)22-23-20(26)12-24-13-21-16-5-3-4-6-17(16)24/h3-8,11,13H,9-10,12H2,1-2H3,(H,22,25)(H,23,26). The molecule has 0 aliphatic rings. The van der Waals surface area contributed by atoms with Gasteiger partial charge in [0.25, 0.3) is 5.91 Å². The molecule has 2 aromatic carbocycles. The number of nitrogens with zero attached hydrogens (tertiary/aromatic N) is 2. The summed E-state index contributed by atoms with van der Waals surface area (Å²) >= 11 is 0. The third-order valence-electron chi connectivity index (χ3n) is 4.11. The molecular formula is C20H22N4O3. The van der Waals surface area contributed by atoms with E-state index < -0.39 is 0 Å². The van der Waals surface area contributed by atoms with Gasteiger partial charge in [0.05, 0.1) is 30.4 Å².